The van der Waals surface area contributed by atoms with Crippen molar-refractivity contribution in [2.24, 2.45) is 0 Å². The number of aromatic nitrogens is 1. The Hall–Kier alpha value is -2.41. The Kier molecular flexibility index (Phi) is 2.99. The van der Waals surface area contributed by atoms with Crippen LogP contribution < -0.4 is 0 Å². The Morgan fingerprint density at radius 3 is 2.78 bits per heavy atom. The molecule has 4 heteroatoms. The van der Waals surface area contributed by atoms with E-state index in [1.807, 2.05) is 13.0 Å². The number of carbonyl (C=O) groups is 1. The molecule has 0 aliphatic heterocycles. The number of hydrogen-bond donors (Lipinski definition) is 1. The van der Waals surface area contributed by atoms with Gasteiger partial charge in [0.1, 0.15) is 0 Å². The zero-order valence-corrected chi connectivity index (χ0v) is 10.1. The Bertz CT molecular complexity index is 671. The van der Waals surface area contributed by atoms with Gasteiger partial charge in [0.15, 0.2) is 0 Å². The monoisotopic (exact) mass is 240 g/mol. The average Bonchev–Trinajstić information content (AvgIpc) is 2.36. The first-order valence-electron chi connectivity index (χ1n) is 5.57. The maximum Gasteiger partial charge on any atom is 0.336 e. The van der Waals surface area contributed by atoms with Gasteiger partial charge in [0.05, 0.1) is 23.2 Å². The molecule has 2 rings (SSSR count). The van der Waals surface area contributed by atoms with Gasteiger partial charge in [-0.1, -0.05) is 12.1 Å². The molecule has 2 aromatic rings. The van der Waals surface area contributed by atoms with E-state index in [-0.39, 0.29) is 11.5 Å². The van der Waals surface area contributed by atoms with E-state index in [1.54, 1.807) is 25.1 Å². The molecule has 0 radical (unpaired) electrons. The van der Waals surface area contributed by atoms with Crippen LogP contribution in [0.1, 0.15) is 34.6 Å². The number of carboxylic acids is 1. The fourth-order valence-electron chi connectivity index (χ4n) is 1.94. The second kappa shape index (κ2) is 4.46. The quantitative estimate of drug-likeness (QED) is 0.875. The normalized spacial score (nSPS) is 12.1. The number of nitriles is 1. The standard InChI is InChI=1S/C14H12N2O2/c1-8(7-15)13-6-12-10(9(2)16-13)4-3-5-11(12)14(17)18/h3-6,8H,1-2H3,(H,17,18). The lowest BCUT2D eigenvalue weighted by Crippen LogP contribution is -2.02. The number of pyridine rings is 1. The van der Waals surface area contributed by atoms with Crippen LogP contribution in [-0.2, 0) is 0 Å². The van der Waals surface area contributed by atoms with Gasteiger partial charge in [0.2, 0.25) is 0 Å². The minimum atomic E-state index is -0.971. The number of aryl methyl sites for hydroxylation is 1. The van der Waals surface area contributed by atoms with Crippen LogP contribution in [0.2, 0.25) is 0 Å². The lowest BCUT2D eigenvalue weighted by molar-refractivity contribution is 0.0699. The Morgan fingerprint density at radius 1 is 1.44 bits per heavy atom. The molecular formula is C14H12N2O2. The van der Waals surface area contributed by atoms with E-state index in [2.05, 4.69) is 11.1 Å². The summed E-state index contributed by atoms with van der Waals surface area (Å²) in [5, 5.41) is 19.5. The van der Waals surface area contributed by atoms with Gasteiger partial charge in [0.25, 0.3) is 0 Å². The number of hydrogen-bond acceptors (Lipinski definition) is 3. The molecule has 0 aliphatic rings. The summed E-state index contributed by atoms with van der Waals surface area (Å²) in [4.78, 5) is 15.5. The second-order valence-electron chi connectivity index (χ2n) is 4.19. The van der Waals surface area contributed by atoms with Crippen LogP contribution in [0.5, 0.6) is 0 Å². The summed E-state index contributed by atoms with van der Waals surface area (Å²) in [5.41, 5.74) is 1.59. The summed E-state index contributed by atoms with van der Waals surface area (Å²) in [5.74, 6) is -1.32. The van der Waals surface area contributed by atoms with E-state index in [1.165, 1.54) is 0 Å². The van der Waals surface area contributed by atoms with E-state index in [9.17, 15) is 9.90 Å². The van der Waals surface area contributed by atoms with Gasteiger partial charge in [-0.25, -0.2) is 4.79 Å². The number of fused-ring (bicyclic) bond motifs is 1. The van der Waals surface area contributed by atoms with Crippen molar-refractivity contribution in [3.63, 3.8) is 0 Å². The maximum absolute atomic E-state index is 11.2. The molecular weight excluding hydrogens is 228 g/mol. The number of nitrogens with zero attached hydrogens (tertiary/aromatic N) is 2. The van der Waals surface area contributed by atoms with Crippen LogP contribution in [-0.4, -0.2) is 16.1 Å². The molecule has 1 atom stereocenters. The molecule has 1 heterocycles. The zero-order valence-electron chi connectivity index (χ0n) is 10.1. The lowest BCUT2D eigenvalue weighted by atomic mass is 10.00. The van der Waals surface area contributed by atoms with Crippen molar-refractivity contribution in [2.45, 2.75) is 19.8 Å². The van der Waals surface area contributed by atoms with Crippen LogP contribution in [0.3, 0.4) is 0 Å². The summed E-state index contributed by atoms with van der Waals surface area (Å²) in [6.45, 7) is 3.57. The van der Waals surface area contributed by atoms with Crippen LogP contribution >= 0.6 is 0 Å². The van der Waals surface area contributed by atoms with Crippen molar-refractivity contribution in [1.29, 1.82) is 5.26 Å². The molecule has 1 aromatic carbocycles. The molecule has 0 amide bonds. The molecule has 1 unspecified atom stereocenters. The predicted octanol–water partition coefficient (Wildman–Crippen LogP) is 2.87. The van der Waals surface area contributed by atoms with Crippen molar-refractivity contribution in [1.82, 2.24) is 4.98 Å². The second-order valence-corrected chi connectivity index (χ2v) is 4.19. The predicted molar refractivity (Wildman–Crippen MR) is 67.5 cm³/mol. The number of rotatable bonds is 2. The third-order valence-corrected chi connectivity index (χ3v) is 2.95. The van der Waals surface area contributed by atoms with Crippen LogP contribution in [0.4, 0.5) is 0 Å². The first-order chi connectivity index (χ1) is 8.54. The lowest BCUT2D eigenvalue weighted by Gasteiger charge is -2.09. The summed E-state index contributed by atoms with van der Waals surface area (Å²) >= 11 is 0. The van der Waals surface area contributed by atoms with Crippen LogP contribution in [0.15, 0.2) is 24.3 Å². The van der Waals surface area contributed by atoms with Gasteiger partial charge in [-0.15, -0.1) is 0 Å². The Morgan fingerprint density at radius 2 is 2.17 bits per heavy atom. The largest absolute Gasteiger partial charge is 0.478 e. The van der Waals surface area contributed by atoms with E-state index in [0.29, 0.717) is 11.1 Å². The Balaban J connectivity index is 2.81. The zero-order chi connectivity index (χ0) is 13.3. The molecule has 1 aromatic heterocycles. The third-order valence-electron chi connectivity index (χ3n) is 2.95. The van der Waals surface area contributed by atoms with Crippen molar-refractivity contribution in [3.8, 4) is 6.07 Å². The van der Waals surface area contributed by atoms with Gasteiger partial charge in [-0.05, 0) is 31.4 Å². The molecule has 0 saturated heterocycles. The van der Waals surface area contributed by atoms with Crippen molar-refractivity contribution in [3.05, 3.63) is 41.2 Å². The van der Waals surface area contributed by atoms with E-state index in [4.69, 9.17) is 5.26 Å². The highest BCUT2D eigenvalue weighted by Crippen LogP contribution is 2.25. The number of carboxylic acid groups (broad SMARTS) is 1. The molecule has 0 aliphatic carbocycles. The molecule has 0 spiro atoms. The molecule has 4 nitrogen and oxygen atoms in total. The minimum absolute atomic E-state index is 0.240. The summed E-state index contributed by atoms with van der Waals surface area (Å²) in [7, 11) is 0. The summed E-state index contributed by atoms with van der Waals surface area (Å²) in [6, 6.07) is 8.91. The van der Waals surface area contributed by atoms with Gasteiger partial charge in [0, 0.05) is 11.1 Å². The van der Waals surface area contributed by atoms with Crippen LogP contribution in [0.25, 0.3) is 10.8 Å². The van der Waals surface area contributed by atoms with E-state index in [0.717, 1.165) is 11.1 Å². The minimum Gasteiger partial charge on any atom is -0.478 e. The molecule has 18 heavy (non-hydrogen) atoms. The highest BCUT2D eigenvalue weighted by Gasteiger charge is 2.13. The first-order valence-corrected chi connectivity index (χ1v) is 5.57. The van der Waals surface area contributed by atoms with Gasteiger partial charge >= 0.3 is 5.97 Å². The van der Waals surface area contributed by atoms with Gasteiger partial charge < -0.3 is 5.11 Å². The summed E-state index contributed by atoms with van der Waals surface area (Å²) in [6.07, 6.45) is 0. The smallest absolute Gasteiger partial charge is 0.336 e. The van der Waals surface area contributed by atoms with Crippen molar-refractivity contribution < 1.29 is 9.90 Å². The fraction of sp³-hybridized carbons (Fsp3) is 0.214. The van der Waals surface area contributed by atoms with Gasteiger partial charge in [-0.3, -0.25) is 4.98 Å². The molecule has 0 bridgehead atoms. The molecule has 0 fully saturated rings. The van der Waals surface area contributed by atoms with Crippen molar-refractivity contribution >= 4 is 16.7 Å². The molecule has 90 valence electrons. The average molecular weight is 240 g/mol. The van der Waals surface area contributed by atoms with E-state index >= 15 is 0 Å². The summed E-state index contributed by atoms with van der Waals surface area (Å²) < 4.78 is 0. The fourth-order valence-corrected chi connectivity index (χ4v) is 1.94. The highest BCUT2D eigenvalue weighted by molar-refractivity contribution is 6.04. The van der Waals surface area contributed by atoms with Gasteiger partial charge in [-0.2, -0.15) is 5.26 Å². The molecule has 1 N–H and O–H groups in total. The topological polar surface area (TPSA) is 74.0 Å². The number of benzene rings is 1. The third kappa shape index (κ3) is 1.91. The first kappa shape index (κ1) is 12.1. The van der Waals surface area contributed by atoms with E-state index < -0.39 is 5.97 Å². The molecule has 0 saturated carbocycles. The highest BCUT2D eigenvalue weighted by atomic mass is 16.4. The van der Waals surface area contributed by atoms with Crippen LogP contribution in [0, 0.1) is 18.3 Å². The SMILES string of the molecule is Cc1nc(C(C)C#N)cc2c(C(=O)O)cccc12. The van der Waals surface area contributed by atoms with Crippen molar-refractivity contribution in [2.75, 3.05) is 0 Å². The number of aromatic carboxylic acids is 1. The maximum atomic E-state index is 11.2. The Labute approximate surface area is 105 Å².